The van der Waals surface area contributed by atoms with E-state index in [2.05, 4.69) is 23.7 Å². The summed E-state index contributed by atoms with van der Waals surface area (Å²) < 4.78 is 0. The lowest BCUT2D eigenvalue weighted by molar-refractivity contribution is -0.384. The highest BCUT2D eigenvalue weighted by Gasteiger charge is 2.29. The van der Waals surface area contributed by atoms with Gasteiger partial charge >= 0.3 is 0 Å². The zero-order valence-electron chi connectivity index (χ0n) is 10.5. The van der Waals surface area contributed by atoms with Crippen molar-refractivity contribution in [2.75, 3.05) is 11.4 Å². The molecule has 1 fully saturated rings. The molecule has 1 aromatic heterocycles. The van der Waals surface area contributed by atoms with Gasteiger partial charge in [0, 0.05) is 12.6 Å². The minimum Gasteiger partial charge on any atom is -0.353 e. The molecule has 1 unspecified atom stereocenters. The summed E-state index contributed by atoms with van der Waals surface area (Å²) in [5.41, 5.74) is -0.000550. The molecule has 5 nitrogen and oxygen atoms in total. The lowest BCUT2D eigenvalue weighted by Gasteiger charge is -2.28. The van der Waals surface area contributed by atoms with Gasteiger partial charge in [-0.3, -0.25) is 10.1 Å². The fourth-order valence-electron chi connectivity index (χ4n) is 2.49. The van der Waals surface area contributed by atoms with Crippen molar-refractivity contribution in [3.05, 3.63) is 27.4 Å². The van der Waals surface area contributed by atoms with Gasteiger partial charge in [-0.25, -0.2) is 4.98 Å². The Kier molecular flexibility index (Phi) is 3.71. The van der Waals surface area contributed by atoms with Gasteiger partial charge in [-0.1, -0.05) is 25.4 Å². The maximum Gasteiger partial charge on any atom is 0.276 e. The van der Waals surface area contributed by atoms with E-state index >= 15 is 0 Å². The molecule has 0 radical (unpaired) electrons. The lowest BCUT2D eigenvalue weighted by Crippen LogP contribution is -2.33. The van der Waals surface area contributed by atoms with Gasteiger partial charge in [0.1, 0.15) is 11.0 Å². The van der Waals surface area contributed by atoms with Crippen molar-refractivity contribution in [1.82, 2.24) is 4.98 Å². The smallest absolute Gasteiger partial charge is 0.276 e. The molecule has 0 spiro atoms. The second-order valence-electron chi connectivity index (χ2n) is 4.91. The molecule has 0 bridgehead atoms. The van der Waals surface area contributed by atoms with Gasteiger partial charge < -0.3 is 4.90 Å². The Morgan fingerprint density at radius 1 is 1.56 bits per heavy atom. The quantitative estimate of drug-likeness (QED) is 0.480. The molecule has 1 atom stereocenters. The van der Waals surface area contributed by atoms with E-state index in [1.807, 2.05) is 0 Å². The summed E-state index contributed by atoms with van der Waals surface area (Å²) in [7, 11) is 0. The lowest BCUT2D eigenvalue weighted by atomic mass is 10.0. The van der Waals surface area contributed by atoms with Gasteiger partial charge in [0.15, 0.2) is 0 Å². The second-order valence-corrected chi connectivity index (χ2v) is 5.30. The van der Waals surface area contributed by atoms with Crippen molar-refractivity contribution >= 4 is 23.1 Å². The summed E-state index contributed by atoms with van der Waals surface area (Å²) in [5, 5.41) is 11.0. The zero-order chi connectivity index (χ0) is 13.3. The molecule has 18 heavy (non-hydrogen) atoms. The van der Waals surface area contributed by atoms with Crippen LogP contribution < -0.4 is 4.90 Å². The Morgan fingerprint density at radius 3 is 2.89 bits per heavy atom. The van der Waals surface area contributed by atoms with E-state index in [0.29, 0.717) is 17.8 Å². The van der Waals surface area contributed by atoms with Crippen molar-refractivity contribution in [1.29, 1.82) is 0 Å². The van der Waals surface area contributed by atoms with E-state index in [1.54, 1.807) is 0 Å². The predicted octanol–water partition coefficient (Wildman–Crippen LogP) is 3.27. The first-order chi connectivity index (χ1) is 8.49. The molecule has 0 N–H and O–H groups in total. The zero-order valence-corrected chi connectivity index (χ0v) is 11.2. The van der Waals surface area contributed by atoms with Crippen LogP contribution in [-0.4, -0.2) is 22.5 Å². The molecule has 1 aliphatic rings. The molecule has 6 heteroatoms. The minimum absolute atomic E-state index is 0.000550. The van der Waals surface area contributed by atoms with Crippen LogP contribution in [0, 0.1) is 16.0 Å². The van der Waals surface area contributed by atoms with Crippen LogP contribution in [0.1, 0.15) is 26.7 Å². The fraction of sp³-hybridized carbons (Fsp3) is 0.583. The van der Waals surface area contributed by atoms with E-state index in [1.165, 1.54) is 12.1 Å². The summed E-state index contributed by atoms with van der Waals surface area (Å²) in [6.45, 7) is 5.19. The molecule has 0 amide bonds. The number of anilines is 1. The summed E-state index contributed by atoms with van der Waals surface area (Å²) in [6, 6.07) is 3.17. The molecule has 2 rings (SSSR count). The fourth-order valence-corrected chi connectivity index (χ4v) is 2.69. The molecular weight excluding hydrogens is 254 g/mol. The summed E-state index contributed by atoms with van der Waals surface area (Å²) in [6.07, 6.45) is 2.19. The van der Waals surface area contributed by atoms with Crippen LogP contribution in [0.4, 0.5) is 11.5 Å². The van der Waals surface area contributed by atoms with E-state index < -0.39 is 4.92 Å². The monoisotopic (exact) mass is 269 g/mol. The highest BCUT2D eigenvalue weighted by atomic mass is 35.5. The molecular formula is C12H16ClN3O2. The highest BCUT2D eigenvalue weighted by molar-refractivity contribution is 6.29. The average molecular weight is 270 g/mol. The largest absolute Gasteiger partial charge is 0.353 e. The molecule has 1 aliphatic heterocycles. The summed E-state index contributed by atoms with van der Waals surface area (Å²) >= 11 is 5.86. The molecule has 0 aliphatic carbocycles. The first kappa shape index (κ1) is 13.1. The van der Waals surface area contributed by atoms with E-state index in [9.17, 15) is 10.1 Å². The third kappa shape index (κ3) is 2.56. The number of aromatic nitrogens is 1. The Labute approximate surface area is 111 Å². The SMILES string of the molecule is CC(C)C1CCCN1c1cc([N+](=O)[O-])cc(Cl)n1. The maximum absolute atomic E-state index is 10.8. The Hall–Kier alpha value is -1.36. The average Bonchev–Trinajstić information content (AvgIpc) is 2.76. The van der Waals surface area contributed by atoms with Gasteiger partial charge in [-0.2, -0.15) is 0 Å². The van der Waals surface area contributed by atoms with Crippen LogP contribution in [0.15, 0.2) is 12.1 Å². The van der Waals surface area contributed by atoms with Crippen LogP contribution in [0.25, 0.3) is 0 Å². The van der Waals surface area contributed by atoms with Crippen LogP contribution in [0.5, 0.6) is 0 Å². The molecule has 1 saturated heterocycles. The van der Waals surface area contributed by atoms with Crippen LogP contribution >= 0.6 is 11.6 Å². The van der Waals surface area contributed by atoms with Gasteiger partial charge in [0.05, 0.1) is 17.1 Å². The second kappa shape index (κ2) is 5.10. The van der Waals surface area contributed by atoms with Crippen molar-refractivity contribution < 1.29 is 4.92 Å². The first-order valence-electron chi connectivity index (χ1n) is 6.07. The van der Waals surface area contributed by atoms with Crippen molar-refractivity contribution in [3.63, 3.8) is 0 Å². The Balaban J connectivity index is 2.35. The molecule has 0 saturated carbocycles. The third-order valence-electron chi connectivity index (χ3n) is 3.34. The molecule has 98 valence electrons. The number of nitrogens with zero attached hydrogens (tertiary/aromatic N) is 3. The number of hydrogen-bond donors (Lipinski definition) is 0. The van der Waals surface area contributed by atoms with Gasteiger partial charge in [-0.05, 0) is 18.8 Å². The number of nitro groups is 1. The highest BCUT2D eigenvalue weighted by Crippen LogP contribution is 2.31. The normalized spacial score (nSPS) is 19.6. The number of halogens is 1. The molecule has 0 aromatic carbocycles. The first-order valence-corrected chi connectivity index (χ1v) is 6.45. The van der Waals surface area contributed by atoms with Crippen LogP contribution in [0.3, 0.4) is 0 Å². The Bertz CT molecular complexity index is 465. The van der Waals surface area contributed by atoms with E-state index in [0.717, 1.165) is 19.4 Å². The maximum atomic E-state index is 10.8. The number of pyridine rings is 1. The van der Waals surface area contributed by atoms with Crippen LogP contribution in [-0.2, 0) is 0 Å². The van der Waals surface area contributed by atoms with Crippen molar-refractivity contribution in [3.8, 4) is 0 Å². The standard InChI is InChI=1S/C12H16ClN3O2/c1-8(2)10-4-3-5-15(10)12-7-9(16(17)18)6-11(13)14-12/h6-8,10H,3-5H2,1-2H3. The van der Waals surface area contributed by atoms with E-state index in [4.69, 9.17) is 11.6 Å². The van der Waals surface area contributed by atoms with Gasteiger partial charge in [0.2, 0.25) is 0 Å². The minimum atomic E-state index is -0.433. The van der Waals surface area contributed by atoms with Crippen LogP contribution in [0.2, 0.25) is 5.15 Å². The van der Waals surface area contributed by atoms with Gasteiger partial charge in [-0.15, -0.1) is 0 Å². The van der Waals surface area contributed by atoms with Crippen molar-refractivity contribution in [2.24, 2.45) is 5.92 Å². The third-order valence-corrected chi connectivity index (χ3v) is 3.53. The van der Waals surface area contributed by atoms with Gasteiger partial charge in [0.25, 0.3) is 5.69 Å². The number of rotatable bonds is 3. The summed E-state index contributed by atoms with van der Waals surface area (Å²) in [5.74, 6) is 1.11. The predicted molar refractivity (Wildman–Crippen MR) is 71.1 cm³/mol. The van der Waals surface area contributed by atoms with E-state index in [-0.39, 0.29) is 10.8 Å². The Morgan fingerprint density at radius 2 is 2.28 bits per heavy atom. The summed E-state index contributed by atoms with van der Waals surface area (Å²) in [4.78, 5) is 16.7. The molecule has 2 heterocycles. The number of hydrogen-bond acceptors (Lipinski definition) is 4. The molecule has 1 aromatic rings. The topological polar surface area (TPSA) is 59.3 Å². The van der Waals surface area contributed by atoms with Crippen molar-refractivity contribution in [2.45, 2.75) is 32.7 Å².